The molecule has 0 saturated carbocycles. The molecular formula is C29H17NS. The minimum atomic E-state index is 1.10. The zero-order chi connectivity index (χ0) is 20.4. The minimum Gasteiger partial charge on any atom is -0.245 e. The Morgan fingerprint density at radius 2 is 1.00 bits per heavy atom. The van der Waals surface area contributed by atoms with Crippen LogP contribution in [0.4, 0.5) is 0 Å². The van der Waals surface area contributed by atoms with E-state index in [4.69, 9.17) is 4.98 Å². The lowest BCUT2D eigenvalue weighted by molar-refractivity contribution is 1.44. The molecule has 0 amide bonds. The lowest BCUT2D eigenvalue weighted by atomic mass is 9.92. The zero-order valence-corrected chi connectivity index (χ0v) is 17.5. The van der Waals surface area contributed by atoms with Crippen LogP contribution in [0.15, 0.2) is 103 Å². The Morgan fingerprint density at radius 3 is 1.71 bits per heavy atom. The standard InChI is InChI=1S/C29H17NS/c1-2-9-22-20(7-1)21-8-3-4-10-23(21)26-15-18(13-14-24(22)26)19-16-27-25-11-5-6-12-28(25)31-29(27)30-17-19/h1-17H. The molecule has 0 bridgehead atoms. The summed E-state index contributed by atoms with van der Waals surface area (Å²) in [6.07, 6.45) is 2.02. The molecule has 0 saturated heterocycles. The average molecular weight is 412 g/mol. The van der Waals surface area contributed by atoms with Crippen LogP contribution in [0.5, 0.6) is 0 Å². The summed E-state index contributed by atoms with van der Waals surface area (Å²) in [5.41, 5.74) is 2.37. The molecule has 2 aromatic heterocycles. The summed E-state index contributed by atoms with van der Waals surface area (Å²) in [6.45, 7) is 0. The van der Waals surface area contributed by atoms with Gasteiger partial charge < -0.3 is 0 Å². The lowest BCUT2D eigenvalue weighted by Gasteiger charge is -2.12. The van der Waals surface area contributed by atoms with Crippen LogP contribution in [0.2, 0.25) is 0 Å². The smallest absolute Gasteiger partial charge is 0.124 e. The molecule has 144 valence electrons. The van der Waals surface area contributed by atoms with Crippen molar-refractivity contribution in [2.45, 2.75) is 0 Å². The summed E-state index contributed by atoms with van der Waals surface area (Å²) in [4.78, 5) is 5.90. The Labute approximate surface area is 183 Å². The molecule has 7 rings (SSSR count). The molecule has 2 heteroatoms. The molecule has 0 radical (unpaired) electrons. The summed E-state index contributed by atoms with van der Waals surface area (Å²) in [7, 11) is 0. The van der Waals surface area contributed by atoms with E-state index >= 15 is 0 Å². The van der Waals surface area contributed by atoms with Gasteiger partial charge in [0, 0.05) is 27.2 Å². The van der Waals surface area contributed by atoms with Crippen LogP contribution in [0.3, 0.4) is 0 Å². The van der Waals surface area contributed by atoms with Gasteiger partial charge in [-0.25, -0.2) is 4.98 Å². The highest BCUT2D eigenvalue weighted by molar-refractivity contribution is 7.25. The van der Waals surface area contributed by atoms with Crippen LogP contribution in [0.1, 0.15) is 0 Å². The van der Waals surface area contributed by atoms with Crippen molar-refractivity contribution in [3.05, 3.63) is 103 Å². The molecule has 7 aromatic rings. The molecule has 1 nitrogen and oxygen atoms in total. The van der Waals surface area contributed by atoms with Crippen molar-refractivity contribution >= 4 is 64.0 Å². The molecule has 0 aliphatic rings. The maximum atomic E-state index is 4.81. The van der Waals surface area contributed by atoms with Crippen LogP contribution < -0.4 is 0 Å². The molecule has 31 heavy (non-hydrogen) atoms. The molecule has 0 atom stereocenters. The van der Waals surface area contributed by atoms with E-state index in [0.29, 0.717) is 0 Å². The Morgan fingerprint density at radius 1 is 0.452 bits per heavy atom. The average Bonchev–Trinajstić information content (AvgIpc) is 3.22. The van der Waals surface area contributed by atoms with Gasteiger partial charge in [0.25, 0.3) is 0 Å². The number of fused-ring (bicyclic) bond motifs is 9. The molecule has 0 aliphatic heterocycles. The monoisotopic (exact) mass is 411 g/mol. The second kappa shape index (κ2) is 6.37. The summed E-state index contributed by atoms with van der Waals surface area (Å²) in [5, 5.41) is 10.3. The first-order valence-corrected chi connectivity index (χ1v) is 11.3. The summed E-state index contributed by atoms with van der Waals surface area (Å²) < 4.78 is 1.29. The first-order valence-electron chi connectivity index (χ1n) is 10.5. The third-order valence-corrected chi connectivity index (χ3v) is 7.41. The second-order valence-electron chi connectivity index (χ2n) is 8.03. The molecule has 0 unspecified atom stereocenters. The maximum absolute atomic E-state index is 4.81. The van der Waals surface area contributed by atoms with Crippen LogP contribution in [0.25, 0.3) is 63.7 Å². The number of aromatic nitrogens is 1. The number of thiophene rings is 1. The third kappa shape index (κ3) is 2.46. The van der Waals surface area contributed by atoms with Crippen molar-refractivity contribution in [3.63, 3.8) is 0 Å². The quantitative estimate of drug-likeness (QED) is 0.247. The molecule has 0 N–H and O–H groups in total. The first kappa shape index (κ1) is 17.0. The van der Waals surface area contributed by atoms with Crippen LogP contribution >= 0.6 is 11.3 Å². The summed E-state index contributed by atoms with van der Waals surface area (Å²) in [5.74, 6) is 0. The predicted molar refractivity (Wildman–Crippen MR) is 135 cm³/mol. The van der Waals surface area contributed by atoms with Gasteiger partial charge in [-0.1, -0.05) is 78.9 Å². The van der Waals surface area contributed by atoms with Gasteiger partial charge >= 0.3 is 0 Å². The number of hydrogen-bond acceptors (Lipinski definition) is 2. The third-order valence-electron chi connectivity index (χ3n) is 6.31. The van der Waals surface area contributed by atoms with Crippen molar-refractivity contribution in [3.8, 4) is 11.1 Å². The van der Waals surface area contributed by atoms with Gasteiger partial charge in [0.15, 0.2) is 0 Å². The zero-order valence-electron chi connectivity index (χ0n) is 16.7. The number of rotatable bonds is 1. The number of nitrogens with zero attached hydrogens (tertiary/aromatic N) is 1. The normalized spacial score (nSPS) is 11.9. The first-order chi connectivity index (χ1) is 15.4. The Balaban J connectivity index is 1.54. The highest BCUT2D eigenvalue weighted by Gasteiger charge is 2.11. The van der Waals surface area contributed by atoms with E-state index in [1.54, 1.807) is 11.3 Å². The van der Waals surface area contributed by atoms with E-state index in [2.05, 4.69) is 97.1 Å². The van der Waals surface area contributed by atoms with Crippen LogP contribution in [-0.2, 0) is 0 Å². The topological polar surface area (TPSA) is 12.9 Å². The summed E-state index contributed by atoms with van der Waals surface area (Å²) >= 11 is 1.76. The van der Waals surface area contributed by atoms with Gasteiger partial charge in [-0.05, 0) is 56.1 Å². The maximum Gasteiger partial charge on any atom is 0.124 e. The van der Waals surface area contributed by atoms with Crippen molar-refractivity contribution in [1.82, 2.24) is 4.98 Å². The molecule has 0 aliphatic carbocycles. The van der Waals surface area contributed by atoms with Gasteiger partial charge in [0.05, 0.1) is 0 Å². The highest BCUT2D eigenvalue weighted by atomic mass is 32.1. The van der Waals surface area contributed by atoms with Gasteiger partial charge in [-0.2, -0.15) is 0 Å². The number of pyridine rings is 1. The van der Waals surface area contributed by atoms with Crippen molar-refractivity contribution in [2.75, 3.05) is 0 Å². The highest BCUT2D eigenvalue weighted by Crippen LogP contribution is 2.38. The molecule has 2 heterocycles. The van der Waals surface area contributed by atoms with E-state index in [9.17, 15) is 0 Å². The van der Waals surface area contributed by atoms with Gasteiger partial charge in [-0.3, -0.25) is 0 Å². The molecule has 0 spiro atoms. The summed E-state index contributed by atoms with van der Waals surface area (Å²) in [6, 6.07) is 35.2. The van der Waals surface area contributed by atoms with Crippen molar-refractivity contribution < 1.29 is 0 Å². The Kier molecular flexibility index (Phi) is 3.49. The molecular weight excluding hydrogens is 394 g/mol. The predicted octanol–water partition coefficient (Wildman–Crippen LogP) is 8.58. The van der Waals surface area contributed by atoms with Gasteiger partial charge in [0.1, 0.15) is 4.83 Å². The van der Waals surface area contributed by atoms with Crippen LogP contribution in [0, 0.1) is 0 Å². The van der Waals surface area contributed by atoms with E-state index in [-0.39, 0.29) is 0 Å². The van der Waals surface area contributed by atoms with Gasteiger partial charge in [0.2, 0.25) is 0 Å². The minimum absolute atomic E-state index is 1.10. The van der Waals surface area contributed by atoms with Gasteiger partial charge in [-0.15, -0.1) is 11.3 Å². The van der Waals surface area contributed by atoms with E-state index in [0.717, 1.165) is 10.4 Å². The Bertz CT molecular complexity index is 1760. The largest absolute Gasteiger partial charge is 0.245 e. The van der Waals surface area contributed by atoms with Crippen molar-refractivity contribution in [2.24, 2.45) is 0 Å². The number of benzene rings is 5. The fourth-order valence-corrected chi connectivity index (χ4v) is 5.88. The Hall–Kier alpha value is -3.75. The van der Waals surface area contributed by atoms with Crippen molar-refractivity contribution in [1.29, 1.82) is 0 Å². The molecule has 0 fully saturated rings. The second-order valence-corrected chi connectivity index (χ2v) is 9.06. The molecule has 5 aromatic carbocycles. The van der Waals surface area contributed by atoms with E-state index in [1.165, 1.54) is 53.4 Å². The fraction of sp³-hybridized carbons (Fsp3) is 0. The fourth-order valence-electron chi connectivity index (χ4n) is 4.85. The van der Waals surface area contributed by atoms with Crippen LogP contribution in [-0.4, -0.2) is 4.98 Å². The van der Waals surface area contributed by atoms with E-state index in [1.807, 2.05) is 6.20 Å². The number of hydrogen-bond donors (Lipinski definition) is 0. The van der Waals surface area contributed by atoms with E-state index < -0.39 is 0 Å². The lowest BCUT2D eigenvalue weighted by Crippen LogP contribution is -1.85. The SMILES string of the molecule is c1ccc2c(c1)sc1ncc(-c3ccc4c5ccccc5c5ccccc5c4c3)cc12.